The van der Waals surface area contributed by atoms with Gasteiger partial charge in [0.1, 0.15) is 0 Å². The fraction of sp³-hybridized carbons (Fsp3) is 0.333. The van der Waals surface area contributed by atoms with Gasteiger partial charge in [0.05, 0.1) is 0 Å². The third kappa shape index (κ3) is 3.84. The lowest BCUT2D eigenvalue weighted by Crippen LogP contribution is -2.30. The van der Waals surface area contributed by atoms with Gasteiger partial charge in [-0.15, -0.1) is 11.3 Å². The molecule has 1 heterocycles. The molecule has 96 valence electrons. The summed E-state index contributed by atoms with van der Waals surface area (Å²) in [6.45, 7) is 4.42. The topological polar surface area (TPSA) is 12.0 Å². The molecule has 3 heteroatoms. The number of benzene rings is 1. The molecule has 1 aromatic carbocycles. The van der Waals surface area contributed by atoms with Gasteiger partial charge >= 0.3 is 0 Å². The highest BCUT2D eigenvalue weighted by atomic mass is 35.5. The predicted molar refractivity (Wildman–Crippen MR) is 80.5 cm³/mol. The van der Waals surface area contributed by atoms with Crippen LogP contribution in [-0.2, 0) is 6.42 Å². The van der Waals surface area contributed by atoms with Crippen molar-refractivity contribution in [2.75, 3.05) is 0 Å². The van der Waals surface area contributed by atoms with E-state index in [1.807, 2.05) is 18.2 Å². The zero-order chi connectivity index (χ0) is 13.0. The maximum atomic E-state index is 6.00. The van der Waals surface area contributed by atoms with E-state index < -0.39 is 0 Å². The molecule has 0 saturated carbocycles. The normalized spacial score (nSPS) is 14.4. The highest BCUT2D eigenvalue weighted by Crippen LogP contribution is 2.19. The van der Waals surface area contributed by atoms with Crippen LogP contribution in [0.1, 0.15) is 30.3 Å². The van der Waals surface area contributed by atoms with Crippen LogP contribution < -0.4 is 5.32 Å². The average Bonchev–Trinajstić information content (AvgIpc) is 2.81. The van der Waals surface area contributed by atoms with Crippen LogP contribution in [0.25, 0.3) is 0 Å². The fourth-order valence-corrected chi connectivity index (χ4v) is 3.08. The van der Waals surface area contributed by atoms with E-state index in [-0.39, 0.29) is 0 Å². The van der Waals surface area contributed by atoms with E-state index in [9.17, 15) is 0 Å². The molecule has 2 aromatic rings. The van der Waals surface area contributed by atoms with Gasteiger partial charge in [-0.1, -0.05) is 29.8 Å². The van der Waals surface area contributed by atoms with E-state index in [1.165, 1.54) is 10.4 Å². The Labute approximate surface area is 118 Å². The lowest BCUT2D eigenvalue weighted by molar-refractivity contribution is 0.482. The molecule has 18 heavy (non-hydrogen) atoms. The molecule has 0 saturated heterocycles. The molecule has 2 atom stereocenters. The Hall–Kier alpha value is -0.830. The van der Waals surface area contributed by atoms with Gasteiger partial charge in [0.2, 0.25) is 0 Å². The minimum atomic E-state index is 0.402. The monoisotopic (exact) mass is 279 g/mol. The van der Waals surface area contributed by atoms with Crippen LogP contribution in [0.4, 0.5) is 0 Å². The summed E-state index contributed by atoms with van der Waals surface area (Å²) in [5.41, 5.74) is 1.28. The first-order valence-corrected chi connectivity index (χ1v) is 7.45. The highest BCUT2D eigenvalue weighted by molar-refractivity contribution is 7.10. The van der Waals surface area contributed by atoms with Gasteiger partial charge in [-0.05, 0) is 49.4 Å². The van der Waals surface area contributed by atoms with Crippen molar-refractivity contribution in [3.8, 4) is 0 Å². The van der Waals surface area contributed by atoms with E-state index in [4.69, 9.17) is 11.6 Å². The zero-order valence-corrected chi connectivity index (χ0v) is 12.3. The third-order valence-electron chi connectivity index (χ3n) is 2.94. The minimum absolute atomic E-state index is 0.402. The summed E-state index contributed by atoms with van der Waals surface area (Å²) < 4.78 is 0. The molecule has 0 radical (unpaired) electrons. The van der Waals surface area contributed by atoms with Crippen molar-refractivity contribution >= 4 is 22.9 Å². The second-order valence-electron chi connectivity index (χ2n) is 4.64. The number of hydrogen-bond donors (Lipinski definition) is 1. The molecule has 0 aliphatic carbocycles. The summed E-state index contributed by atoms with van der Waals surface area (Å²) in [6.07, 6.45) is 0.996. The van der Waals surface area contributed by atoms with Gasteiger partial charge < -0.3 is 5.32 Å². The molecule has 0 bridgehead atoms. The van der Waals surface area contributed by atoms with Gasteiger partial charge in [-0.3, -0.25) is 0 Å². The molecule has 1 nitrogen and oxygen atoms in total. The van der Waals surface area contributed by atoms with Crippen LogP contribution in [0.2, 0.25) is 5.02 Å². The zero-order valence-electron chi connectivity index (χ0n) is 10.7. The predicted octanol–water partition coefficient (Wildman–Crippen LogP) is 4.68. The molecule has 1 N–H and O–H groups in total. The molecular formula is C15H18ClNS. The van der Waals surface area contributed by atoms with Gasteiger partial charge in [-0.2, -0.15) is 0 Å². The average molecular weight is 280 g/mol. The largest absolute Gasteiger partial charge is 0.307 e. The molecule has 0 amide bonds. The first-order valence-electron chi connectivity index (χ1n) is 6.19. The number of rotatable bonds is 5. The lowest BCUT2D eigenvalue weighted by Gasteiger charge is -2.19. The van der Waals surface area contributed by atoms with Crippen molar-refractivity contribution in [2.24, 2.45) is 0 Å². The second kappa shape index (κ2) is 6.37. The standard InChI is InChI=1S/C15H18ClNS/c1-11(9-13-5-3-6-14(16)10-13)17-12(2)15-7-4-8-18-15/h3-8,10-12,17H,9H2,1-2H3. The molecular weight excluding hydrogens is 262 g/mol. The quantitative estimate of drug-likeness (QED) is 0.838. The minimum Gasteiger partial charge on any atom is -0.307 e. The van der Waals surface area contributed by atoms with Crippen molar-refractivity contribution in [3.05, 3.63) is 57.2 Å². The Morgan fingerprint density at radius 3 is 2.72 bits per heavy atom. The smallest absolute Gasteiger partial charge is 0.0408 e. The molecule has 1 aromatic heterocycles. The highest BCUT2D eigenvalue weighted by Gasteiger charge is 2.10. The summed E-state index contributed by atoms with van der Waals surface area (Å²) >= 11 is 7.79. The van der Waals surface area contributed by atoms with Crippen molar-refractivity contribution < 1.29 is 0 Å². The Morgan fingerprint density at radius 2 is 2.06 bits per heavy atom. The van der Waals surface area contributed by atoms with Gasteiger partial charge in [0.15, 0.2) is 0 Å². The SMILES string of the molecule is CC(Cc1cccc(Cl)c1)NC(C)c1cccs1. The van der Waals surface area contributed by atoms with Crippen molar-refractivity contribution in [1.82, 2.24) is 5.32 Å². The third-order valence-corrected chi connectivity index (χ3v) is 4.23. The second-order valence-corrected chi connectivity index (χ2v) is 6.05. The maximum absolute atomic E-state index is 6.00. The molecule has 0 spiro atoms. The van der Waals surface area contributed by atoms with Crippen LogP contribution in [0.3, 0.4) is 0 Å². The Kier molecular flexibility index (Phi) is 4.81. The van der Waals surface area contributed by atoms with Gasteiger partial charge in [0.25, 0.3) is 0 Å². The number of nitrogens with one attached hydrogen (secondary N) is 1. The van der Waals surface area contributed by atoms with Crippen molar-refractivity contribution in [2.45, 2.75) is 32.4 Å². The lowest BCUT2D eigenvalue weighted by atomic mass is 10.1. The van der Waals surface area contributed by atoms with Crippen molar-refractivity contribution in [1.29, 1.82) is 0 Å². The molecule has 0 fully saturated rings. The van der Waals surface area contributed by atoms with Crippen LogP contribution in [0.5, 0.6) is 0 Å². The fourth-order valence-electron chi connectivity index (χ4n) is 2.12. The first-order chi connectivity index (χ1) is 8.65. The molecule has 2 rings (SSSR count). The van der Waals surface area contributed by atoms with E-state index in [2.05, 4.69) is 42.7 Å². The summed E-state index contributed by atoms with van der Waals surface area (Å²) in [4.78, 5) is 1.38. The van der Waals surface area contributed by atoms with Crippen LogP contribution in [0, 0.1) is 0 Å². The maximum Gasteiger partial charge on any atom is 0.0408 e. The Bertz CT molecular complexity index is 481. The van der Waals surface area contributed by atoms with E-state index in [0.29, 0.717) is 12.1 Å². The van der Waals surface area contributed by atoms with E-state index in [1.54, 1.807) is 11.3 Å². The molecule has 0 aliphatic heterocycles. The number of thiophene rings is 1. The molecule has 2 unspecified atom stereocenters. The van der Waals surface area contributed by atoms with Crippen molar-refractivity contribution in [3.63, 3.8) is 0 Å². The summed E-state index contributed by atoms with van der Waals surface area (Å²) in [6, 6.07) is 13.2. The van der Waals surface area contributed by atoms with Crippen LogP contribution in [-0.4, -0.2) is 6.04 Å². The number of hydrogen-bond acceptors (Lipinski definition) is 2. The van der Waals surface area contributed by atoms with E-state index >= 15 is 0 Å². The Balaban J connectivity index is 1.91. The Morgan fingerprint density at radius 1 is 1.22 bits per heavy atom. The van der Waals surface area contributed by atoms with Gasteiger partial charge in [-0.25, -0.2) is 0 Å². The van der Waals surface area contributed by atoms with E-state index in [0.717, 1.165) is 11.4 Å². The van der Waals surface area contributed by atoms with Crippen LogP contribution in [0.15, 0.2) is 41.8 Å². The summed E-state index contributed by atoms with van der Waals surface area (Å²) in [5, 5.41) is 6.55. The summed E-state index contributed by atoms with van der Waals surface area (Å²) in [5.74, 6) is 0. The number of halogens is 1. The summed E-state index contributed by atoms with van der Waals surface area (Å²) in [7, 11) is 0. The first kappa shape index (κ1) is 13.6. The molecule has 0 aliphatic rings. The van der Waals surface area contributed by atoms with Gasteiger partial charge in [0, 0.05) is 22.0 Å². The van der Waals surface area contributed by atoms with Crippen LogP contribution >= 0.6 is 22.9 Å².